The number of hydrogen-bond acceptors (Lipinski definition) is 2. The number of allylic oxidation sites excluding steroid dienone is 1. The Bertz CT molecular complexity index is 277. The van der Waals surface area contributed by atoms with Crippen LogP contribution in [0.15, 0.2) is 12.2 Å². The van der Waals surface area contributed by atoms with Gasteiger partial charge in [-0.25, -0.2) is 0 Å². The van der Waals surface area contributed by atoms with Crippen LogP contribution >= 0.6 is 0 Å². The molecule has 1 unspecified atom stereocenters. The number of carboxylic acid groups (broad SMARTS) is 1. The van der Waals surface area contributed by atoms with Crippen LogP contribution in [-0.4, -0.2) is 60.0 Å². The van der Waals surface area contributed by atoms with Crippen LogP contribution in [0.5, 0.6) is 0 Å². The fraction of sp³-hybridized carbons (Fsp3) is 0.833. The Labute approximate surface area is 169 Å². The summed E-state index contributed by atoms with van der Waals surface area (Å²) in [7, 11) is 0. The zero-order valence-corrected chi connectivity index (χ0v) is 16.6. The molecule has 0 aliphatic carbocycles. The van der Waals surface area contributed by atoms with E-state index in [-0.39, 0.29) is 46.7 Å². The molecule has 0 saturated heterocycles. The molecule has 22 heavy (non-hydrogen) atoms. The summed E-state index contributed by atoms with van der Waals surface area (Å²) < 4.78 is 0. The minimum atomic E-state index is -0.689. The van der Waals surface area contributed by atoms with Gasteiger partial charge in [0.05, 0.1) is 6.10 Å². The SMILES string of the molecule is CCCCCCC(O)C/C=C\CCCCCCCC(=O)O.[Ca+2].[H-].[H-]. The maximum atomic E-state index is 10.3. The molecule has 0 radical (unpaired) electrons. The first kappa shape index (κ1) is 24.7. The van der Waals surface area contributed by atoms with Crippen LogP contribution in [0.25, 0.3) is 0 Å². The quantitative estimate of drug-likeness (QED) is 0.253. The van der Waals surface area contributed by atoms with E-state index in [9.17, 15) is 9.90 Å². The summed E-state index contributed by atoms with van der Waals surface area (Å²) in [5.41, 5.74) is 0. The van der Waals surface area contributed by atoms with Gasteiger partial charge in [0.25, 0.3) is 0 Å². The molecule has 0 aliphatic heterocycles. The van der Waals surface area contributed by atoms with Crippen LogP contribution in [0, 0.1) is 0 Å². The molecule has 0 heterocycles. The molecular weight excluding hydrogens is 304 g/mol. The fourth-order valence-electron chi connectivity index (χ4n) is 2.36. The third-order valence-corrected chi connectivity index (χ3v) is 3.73. The van der Waals surface area contributed by atoms with Crippen LogP contribution in [0.2, 0.25) is 0 Å². The Balaban J connectivity index is -0.000000667. The van der Waals surface area contributed by atoms with Gasteiger partial charge < -0.3 is 13.1 Å². The van der Waals surface area contributed by atoms with Crippen molar-refractivity contribution in [1.82, 2.24) is 0 Å². The van der Waals surface area contributed by atoms with Gasteiger partial charge in [0.1, 0.15) is 0 Å². The van der Waals surface area contributed by atoms with Gasteiger partial charge in [0, 0.05) is 6.42 Å². The van der Waals surface area contributed by atoms with Crippen molar-refractivity contribution in [2.24, 2.45) is 0 Å². The molecule has 0 fully saturated rings. The van der Waals surface area contributed by atoms with Gasteiger partial charge in [-0.05, 0) is 32.1 Å². The van der Waals surface area contributed by atoms with Crippen molar-refractivity contribution in [2.45, 2.75) is 96.5 Å². The molecule has 4 heteroatoms. The first-order valence-corrected chi connectivity index (χ1v) is 8.71. The van der Waals surface area contributed by atoms with E-state index in [0.717, 1.165) is 51.4 Å². The number of carboxylic acids is 1. The molecule has 0 rings (SSSR count). The topological polar surface area (TPSA) is 57.5 Å². The molecule has 0 amide bonds. The van der Waals surface area contributed by atoms with Gasteiger partial charge in [0.15, 0.2) is 0 Å². The van der Waals surface area contributed by atoms with E-state index in [1.165, 1.54) is 25.7 Å². The van der Waals surface area contributed by atoms with Gasteiger partial charge in [-0.3, -0.25) is 4.79 Å². The third kappa shape index (κ3) is 20.4. The molecule has 0 bridgehead atoms. The zero-order chi connectivity index (χ0) is 15.8. The Morgan fingerprint density at radius 2 is 1.64 bits per heavy atom. The fourth-order valence-corrected chi connectivity index (χ4v) is 2.36. The summed E-state index contributed by atoms with van der Waals surface area (Å²) in [5.74, 6) is -0.689. The van der Waals surface area contributed by atoms with Crippen LogP contribution in [-0.2, 0) is 4.79 Å². The number of rotatable bonds is 15. The van der Waals surface area contributed by atoms with E-state index in [1.54, 1.807) is 0 Å². The van der Waals surface area contributed by atoms with E-state index in [1.807, 2.05) is 0 Å². The van der Waals surface area contributed by atoms with Gasteiger partial charge in [0.2, 0.25) is 0 Å². The molecule has 0 saturated carbocycles. The van der Waals surface area contributed by atoms with Crippen molar-refractivity contribution in [1.29, 1.82) is 0 Å². The second-order valence-electron chi connectivity index (χ2n) is 5.91. The predicted octanol–water partition coefficient (Wildman–Crippen LogP) is 4.92. The summed E-state index contributed by atoms with van der Waals surface area (Å²) in [4.78, 5) is 10.3. The number of unbranched alkanes of at least 4 members (excludes halogenated alkanes) is 8. The molecule has 0 aromatic rings. The van der Waals surface area contributed by atoms with Crippen molar-refractivity contribution in [3.8, 4) is 0 Å². The summed E-state index contributed by atoms with van der Waals surface area (Å²) in [6.07, 6.45) is 17.4. The van der Waals surface area contributed by atoms with Crippen molar-refractivity contribution >= 4 is 43.7 Å². The number of aliphatic carboxylic acids is 1. The van der Waals surface area contributed by atoms with Gasteiger partial charge in [-0.2, -0.15) is 0 Å². The van der Waals surface area contributed by atoms with Crippen molar-refractivity contribution in [2.75, 3.05) is 0 Å². The van der Waals surface area contributed by atoms with Crippen LogP contribution < -0.4 is 0 Å². The molecule has 128 valence electrons. The van der Waals surface area contributed by atoms with Crippen molar-refractivity contribution < 1.29 is 17.9 Å². The molecule has 0 aromatic carbocycles. The smallest absolute Gasteiger partial charge is 1.00 e. The zero-order valence-electron chi connectivity index (χ0n) is 16.4. The molecule has 3 nitrogen and oxygen atoms in total. The van der Waals surface area contributed by atoms with Gasteiger partial charge >= 0.3 is 43.7 Å². The standard InChI is InChI=1S/C18H34O3.Ca.2H/c1-2-3-4-11-14-17(19)15-12-9-7-5-6-8-10-13-16-18(20)21;;;/h9,12,17,19H,2-8,10-11,13-16H2,1H3,(H,20,21);;;/q;+2;2*-1/b12-9-;;;. The van der Waals surface area contributed by atoms with Crippen LogP contribution in [0.4, 0.5) is 0 Å². The average Bonchev–Trinajstić information content (AvgIpc) is 2.45. The minimum Gasteiger partial charge on any atom is -1.00 e. The summed E-state index contributed by atoms with van der Waals surface area (Å²) in [6, 6.07) is 0. The monoisotopic (exact) mass is 340 g/mol. The van der Waals surface area contributed by atoms with Gasteiger partial charge in [-0.1, -0.05) is 64.0 Å². The molecule has 0 aliphatic rings. The molecule has 0 aromatic heterocycles. The summed E-state index contributed by atoms with van der Waals surface area (Å²) in [6.45, 7) is 2.20. The van der Waals surface area contributed by atoms with Gasteiger partial charge in [-0.15, -0.1) is 0 Å². The van der Waals surface area contributed by atoms with E-state index in [4.69, 9.17) is 5.11 Å². The van der Waals surface area contributed by atoms with Crippen LogP contribution in [0.1, 0.15) is 93.2 Å². The summed E-state index contributed by atoms with van der Waals surface area (Å²) >= 11 is 0. The normalized spacial score (nSPS) is 12.3. The second-order valence-corrected chi connectivity index (χ2v) is 5.91. The van der Waals surface area contributed by atoms with E-state index < -0.39 is 5.97 Å². The molecular formula is C18H36CaO3. The maximum Gasteiger partial charge on any atom is 2.00 e. The van der Waals surface area contributed by atoms with E-state index >= 15 is 0 Å². The largest absolute Gasteiger partial charge is 2.00 e. The predicted molar refractivity (Wildman–Crippen MR) is 96.5 cm³/mol. The number of carbonyl (C=O) groups is 1. The molecule has 1 atom stereocenters. The molecule has 2 N–H and O–H groups in total. The van der Waals surface area contributed by atoms with Crippen molar-refractivity contribution in [3.05, 3.63) is 12.2 Å². The van der Waals surface area contributed by atoms with E-state index in [0.29, 0.717) is 6.42 Å². The second kappa shape index (κ2) is 19.5. The Kier molecular flexibility index (Phi) is 21.8. The third-order valence-electron chi connectivity index (χ3n) is 3.73. The Morgan fingerprint density at radius 3 is 2.32 bits per heavy atom. The number of aliphatic hydroxyl groups excluding tert-OH is 1. The first-order chi connectivity index (χ1) is 10.2. The first-order valence-electron chi connectivity index (χ1n) is 8.71. The Hall–Kier alpha value is 0.430. The number of hydrogen-bond donors (Lipinski definition) is 2. The number of aliphatic hydroxyl groups is 1. The average molecular weight is 341 g/mol. The van der Waals surface area contributed by atoms with Crippen LogP contribution in [0.3, 0.4) is 0 Å². The van der Waals surface area contributed by atoms with E-state index in [2.05, 4.69) is 19.1 Å². The maximum absolute atomic E-state index is 10.3. The molecule has 0 spiro atoms. The van der Waals surface area contributed by atoms with Crippen molar-refractivity contribution in [3.63, 3.8) is 0 Å². The minimum absolute atomic E-state index is 0. The Morgan fingerprint density at radius 1 is 1.00 bits per heavy atom. The summed E-state index contributed by atoms with van der Waals surface area (Å²) in [5, 5.41) is 18.3.